The van der Waals surface area contributed by atoms with E-state index in [9.17, 15) is 9.59 Å². The summed E-state index contributed by atoms with van der Waals surface area (Å²) in [7, 11) is 0. The molecule has 30 heavy (non-hydrogen) atoms. The number of aromatic nitrogens is 4. The number of rotatable bonds is 4. The van der Waals surface area contributed by atoms with Crippen molar-refractivity contribution in [3.63, 3.8) is 0 Å². The van der Waals surface area contributed by atoms with Gasteiger partial charge in [-0.1, -0.05) is 0 Å². The maximum Gasteiger partial charge on any atom is 0.253 e. The number of nitrogens with zero attached hydrogens (tertiary/aromatic N) is 6. The molecule has 2 amide bonds. The van der Waals surface area contributed by atoms with Crippen molar-refractivity contribution in [1.29, 1.82) is 0 Å². The van der Waals surface area contributed by atoms with Gasteiger partial charge in [-0.2, -0.15) is 0 Å². The van der Waals surface area contributed by atoms with E-state index in [2.05, 4.69) is 25.4 Å². The predicted molar refractivity (Wildman–Crippen MR) is 113 cm³/mol. The Balaban J connectivity index is 1.36. The summed E-state index contributed by atoms with van der Waals surface area (Å²) in [6.07, 6.45) is 3.58. The zero-order valence-corrected chi connectivity index (χ0v) is 16.9. The number of nitrogens with one attached hydrogen (secondary N) is 1. The van der Waals surface area contributed by atoms with Gasteiger partial charge in [0.25, 0.3) is 5.91 Å². The Morgan fingerprint density at radius 3 is 2.17 bits per heavy atom. The quantitative estimate of drug-likeness (QED) is 0.712. The second-order valence-electron chi connectivity index (χ2n) is 7.13. The number of carbonyl (C=O) groups is 2. The molecule has 9 heteroatoms. The first-order valence-corrected chi connectivity index (χ1v) is 9.77. The van der Waals surface area contributed by atoms with Crippen LogP contribution in [0.15, 0.2) is 48.8 Å². The Hall–Kier alpha value is -3.75. The smallest absolute Gasteiger partial charge is 0.253 e. The Morgan fingerprint density at radius 1 is 0.933 bits per heavy atom. The lowest BCUT2D eigenvalue weighted by Crippen LogP contribution is -2.49. The Labute approximate surface area is 174 Å². The van der Waals surface area contributed by atoms with Crippen molar-refractivity contribution < 1.29 is 9.59 Å². The topological polar surface area (TPSA) is 96.2 Å². The van der Waals surface area contributed by atoms with Crippen LogP contribution in [0.25, 0.3) is 5.82 Å². The molecule has 154 valence electrons. The van der Waals surface area contributed by atoms with E-state index in [1.54, 1.807) is 30.5 Å². The van der Waals surface area contributed by atoms with Gasteiger partial charge in [-0.25, -0.2) is 4.98 Å². The van der Waals surface area contributed by atoms with E-state index in [0.717, 1.165) is 17.5 Å². The third-order valence-electron chi connectivity index (χ3n) is 5.05. The van der Waals surface area contributed by atoms with Crippen LogP contribution < -0.4 is 10.2 Å². The Kier molecular flexibility index (Phi) is 5.42. The molecule has 0 spiro atoms. The van der Waals surface area contributed by atoms with E-state index in [1.165, 1.54) is 6.92 Å². The fourth-order valence-electron chi connectivity index (χ4n) is 3.46. The van der Waals surface area contributed by atoms with E-state index in [4.69, 9.17) is 0 Å². The van der Waals surface area contributed by atoms with Crippen molar-refractivity contribution in [3.05, 3.63) is 60.2 Å². The predicted octanol–water partition coefficient (Wildman–Crippen LogP) is 1.89. The first-order chi connectivity index (χ1) is 14.5. The molecule has 1 aliphatic heterocycles. The summed E-state index contributed by atoms with van der Waals surface area (Å²) < 4.78 is 1.88. The number of carbonyl (C=O) groups excluding carboxylic acids is 2. The molecule has 1 fully saturated rings. The zero-order chi connectivity index (χ0) is 21.1. The van der Waals surface area contributed by atoms with Gasteiger partial charge in [-0.15, -0.1) is 10.2 Å². The van der Waals surface area contributed by atoms with Crippen LogP contribution in [-0.4, -0.2) is 62.6 Å². The van der Waals surface area contributed by atoms with Gasteiger partial charge in [0.2, 0.25) is 5.91 Å². The monoisotopic (exact) mass is 405 g/mol. The molecule has 9 nitrogen and oxygen atoms in total. The lowest BCUT2D eigenvalue weighted by Gasteiger charge is -2.35. The number of hydrogen-bond donors (Lipinski definition) is 1. The van der Waals surface area contributed by atoms with Crippen molar-refractivity contribution in [2.45, 2.75) is 13.8 Å². The minimum Gasteiger partial charge on any atom is -0.352 e. The molecule has 0 bridgehead atoms. The van der Waals surface area contributed by atoms with Crippen LogP contribution in [0.5, 0.6) is 0 Å². The van der Waals surface area contributed by atoms with E-state index < -0.39 is 0 Å². The minimum atomic E-state index is -0.138. The maximum absolute atomic E-state index is 12.8. The van der Waals surface area contributed by atoms with Crippen LogP contribution in [0.2, 0.25) is 0 Å². The van der Waals surface area contributed by atoms with Gasteiger partial charge in [-0.3, -0.25) is 14.2 Å². The van der Waals surface area contributed by atoms with Crippen molar-refractivity contribution in [2.75, 3.05) is 36.4 Å². The molecule has 3 heterocycles. The summed E-state index contributed by atoms with van der Waals surface area (Å²) in [6.45, 7) is 5.96. The van der Waals surface area contributed by atoms with Crippen molar-refractivity contribution in [3.8, 4) is 5.82 Å². The van der Waals surface area contributed by atoms with Crippen LogP contribution in [0.3, 0.4) is 0 Å². The van der Waals surface area contributed by atoms with Gasteiger partial charge in [0.1, 0.15) is 5.82 Å². The van der Waals surface area contributed by atoms with Gasteiger partial charge in [-0.05, 0) is 43.3 Å². The molecular formula is C21H23N7O2. The molecule has 2 aromatic heterocycles. The molecule has 4 rings (SSSR count). The first kappa shape index (κ1) is 19.6. The Morgan fingerprint density at radius 2 is 1.60 bits per heavy atom. The Bertz CT molecular complexity index is 1040. The summed E-state index contributed by atoms with van der Waals surface area (Å²) in [4.78, 5) is 32.0. The maximum atomic E-state index is 12.8. The number of benzene rings is 1. The molecule has 0 radical (unpaired) electrons. The minimum absolute atomic E-state index is 0.0129. The number of amides is 2. The van der Waals surface area contributed by atoms with Gasteiger partial charge in [0, 0.05) is 56.7 Å². The number of piperazine rings is 1. The largest absolute Gasteiger partial charge is 0.352 e. The summed E-state index contributed by atoms with van der Waals surface area (Å²) in [5.74, 6) is 2.23. The molecule has 0 unspecified atom stereocenters. The van der Waals surface area contributed by atoms with Crippen LogP contribution >= 0.6 is 0 Å². The van der Waals surface area contributed by atoms with Gasteiger partial charge in [0.15, 0.2) is 11.6 Å². The van der Waals surface area contributed by atoms with Crippen LogP contribution in [0, 0.1) is 6.92 Å². The summed E-state index contributed by atoms with van der Waals surface area (Å²) in [6, 6.07) is 10.8. The third-order valence-corrected chi connectivity index (χ3v) is 5.05. The average Bonchev–Trinajstić information content (AvgIpc) is 3.19. The van der Waals surface area contributed by atoms with Gasteiger partial charge in [0.05, 0.1) is 0 Å². The number of imidazole rings is 1. The number of hydrogen-bond acceptors (Lipinski definition) is 6. The van der Waals surface area contributed by atoms with Crippen LogP contribution in [0.4, 0.5) is 11.5 Å². The second kappa shape index (κ2) is 8.32. The fraction of sp³-hybridized carbons (Fsp3) is 0.286. The molecule has 3 aromatic rings. The van der Waals surface area contributed by atoms with Crippen molar-refractivity contribution in [1.82, 2.24) is 24.6 Å². The molecule has 1 aromatic carbocycles. The highest BCUT2D eigenvalue weighted by Crippen LogP contribution is 2.17. The number of anilines is 2. The summed E-state index contributed by atoms with van der Waals surface area (Å²) >= 11 is 0. The molecule has 0 aliphatic carbocycles. The SMILES string of the molecule is CC(=O)Nc1ccc(C(=O)N2CCN(c3ccc(-n4ccnc4C)nn3)CC2)cc1. The normalized spacial score (nSPS) is 13.9. The summed E-state index contributed by atoms with van der Waals surface area (Å²) in [5.41, 5.74) is 1.29. The molecule has 1 aliphatic rings. The molecule has 0 atom stereocenters. The van der Waals surface area contributed by atoms with E-state index in [0.29, 0.717) is 37.4 Å². The van der Waals surface area contributed by atoms with Crippen molar-refractivity contribution in [2.24, 2.45) is 0 Å². The zero-order valence-electron chi connectivity index (χ0n) is 16.9. The van der Waals surface area contributed by atoms with E-state index >= 15 is 0 Å². The average molecular weight is 405 g/mol. The van der Waals surface area contributed by atoms with E-state index in [1.807, 2.05) is 34.7 Å². The van der Waals surface area contributed by atoms with Gasteiger partial charge >= 0.3 is 0 Å². The highest BCUT2D eigenvalue weighted by Gasteiger charge is 2.23. The molecular weight excluding hydrogens is 382 g/mol. The van der Waals surface area contributed by atoms with Crippen molar-refractivity contribution >= 4 is 23.3 Å². The first-order valence-electron chi connectivity index (χ1n) is 9.77. The second-order valence-corrected chi connectivity index (χ2v) is 7.13. The lowest BCUT2D eigenvalue weighted by molar-refractivity contribution is -0.114. The fourth-order valence-corrected chi connectivity index (χ4v) is 3.46. The standard InChI is InChI=1S/C21H23N7O2/c1-15-22-9-10-28(15)20-8-7-19(24-25-20)26-11-13-27(14-12-26)21(30)17-3-5-18(6-4-17)23-16(2)29/h3-10H,11-14H2,1-2H3,(H,23,29). The van der Waals surface area contributed by atoms with E-state index in [-0.39, 0.29) is 11.8 Å². The molecule has 1 saturated heterocycles. The third kappa shape index (κ3) is 4.14. The van der Waals surface area contributed by atoms with Crippen LogP contribution in [0.1, 0.15) is 23.1 Å². The summed E-state index contributed by atoms with van der Waals surface area (Å²) in [5, 5.41) is 11.4. The number of aryl methyl sites for hydroxylation is 1. The highest BCUT2D eigenvalue weighted by atomic mass is 16.2. The van der Waals surface area contributed by atoms with Gasteiger partial charge < -0.3 is 15.1 Å². The lowest BCUT2D eigenvalue weighted by atomic mass is 10.1. The van der Waals surface area contributed by atoms with Crippen LogP contribution in [-0.2, 0) is 4.79 Å². The highest BCUT2D eigenvalue weighted by molar-refractivity contribution is 5.95. The molecule has 0 saturated carbocycles. The molecule has 1 N–H and O–H groups in total.